The van der Waals surface area contributed by atoms with Crippen LogP contribution in [0, 0.1) is 17.0 Å². The van der Waals surface area contributed by atoms with Crippen LogP contribution in [-0.4, -0.2) is 14.5 Å². The second kappa shape index (κ2) is 4.87. The Morgan fingerprint density at radius 2 is 2.28 bits per heavy atom. The van der Waals surface area contributed by atoms with E-state index in [-0.39, 0.29) is 10.6 Å². The maximum Gasteiger partial charge on any atom is 0.272 e. The van der Waals surface area contributed by atoms with Crippen LogP contribution in [0.3, 0.4) is 0 Å². The zero-order valence-electron chi connectivity index (χ0n) is 10.3. The summed E-state index contributed by atoms with van der Waals surface area (Å²) in [4.78, 5) is 14.5. The van der Waals surface area contributed by atoms with Crippen molar-refractivity contribution in [1.82, 2.24) is 9.55 Å². The van der Waals surface area contributed by atoms with E-state index in [1.807, 2.05) is 17.8 Å². The van der Waals surface area contributed by atoms with Crippen LogP contribution in [0.15, 0.2) is 30.6 Å². The second-order valence-electron chi connectivity index (χ2n) is 4.07. The van der Waals surface area contributed by atoms with Crippen LogP contribution in [0.5, 0.6) is 0 Å². The van der Waals surface area contributed by atoms with Crippen molar-refractivity contribution < 1.29 is 4.92 Å². The lowest BCUT2D eigenvalue weighted by Crippen LogP contribution is -2.05. The minimum atomic E-state index is -0.377. The first-order chi connectivity index (χ1) is 8.58. The van der Waals surface area contributed by atoms with Crippen LogP contribution in [0.1, 0.15) is 11.4 Å². The van der Waals surface area contributed by atoms with Crippen molar-refractivity contribution in [1.29, 1.82) is 0 Å². The highest BCUT2D eigenvalue weighted by Crippen LogP contribution is 2.21. The summed E-state index contributed by atoms with van der Waals surface area (Å²) in [5, 5.41) is 13.9. The number of aryl methyl sites for hydroxylation is 2. The van der Waals surface area contributed by atoms with Gasteiger partial charge in [0, 0.05) is 36.8 Å². The third-order valence-corrected chi connectivity index (χ3v) is 2.77. The number of hydrogen-bond acceptors (Lipinski definition) is 4. The number of aromatic nitrogens is 2. The van der Waals surface area contributed by atoms with E-state index in [0.717, 1.165) is 11.5 Å². The summed E-state index contributed by atoms with van der Waals surface area (Å²) in [6.07, 6.45) is 3.61. The van der Waals surface area contributed by atoms with Crippen molar-refractivity contribution >= 4 is 11.4 Å². The van der Waals surface area contributed by atoms with E-state index in [1.165, 1.54) is 6.07 Å². The summed E-state index contributed by atoms with van der Waals surface area (Å²) in [6, 6.07) is 4.98. The summed E-state index contributed by atoms with van der Waals surface area (Å²) < 4.78 is 1.92. The normalized spacial score (nSPS) is 10.3. The Kier molecular flexibility index (Phi) is 3.27. The van der Waals surface area contributed by atoms with Crippen molar-refractivity contribution in [3.05, 3.63) is 52.1 Å². The number of imidazole rings is 1. The molecule has 94 valence electrons. The molecule has 0 fully saturated rings. The van der Waals surface area contributed by atoms with E-state index < -0.39 is 0 Å². The molecule has 0 aliphatic carbocycles. The molecule has 0 atom stereocenters. The van der Waals surface area contributed by atoms with Crippen molar-refractivity contribution in [2.45, 2.75) is 13.5 Å². The van der Waals surface area contributed by atoms with Gasteiger partial charge in [-0.05, 0) is 19.1 Å². The zero-order chi connectivity index (χ0) is 13.1. The largest absolute Gasteiger partial charge is 0.378 e. The second-order valence-corrected chi connectivity index (χ2v) is 4.07. The van der Waals surface area contributed by atoms with Crippen molar-refractivity contribution in [3.63, 3.8) is 0 Å². The number of benzene rings is 1. The lowest BCUT2D eigenvalue weighted by Gasteiger charge is -2.07. The Labute approximate surface area is 104 Å². The van der Waals surface area contributed by atoms with Crippen LogP contribution >= 0.6 is 0 Å². The Bertz CT molecular complexity index is 577. The number of nitrogens with zero attached hydrogens (tertiary/aromatic N) is 3. The van der Waals surface area contributed by atoms with E-state index in [9.17, 15) is 10.1 Å². The molecule has 1 heterocycles. The Morgan fingerprint density at radius 3 is 2.83 bits per heavy atom. The van der Waals surface area contributed by atoms with E-state index in [4.69, 9.17) is 0 Å². The molecule has 2 aromatic rings. The summed E-state index contributed by atoms with van der Waals surface area (Å²) in [6.45, 7) is 2.31. The average Bonchev–Trinajstić information content (AvgIpc) is 2.72. The van der Waals surface area contributed by atoms with Crippen molar-refractivity contribution in [2.75, 3.05) is 5.32 Å². The molecule has 0 amide bonds. The number of nitro groups is 1. The maximum absolute atomic E-state index is 10.7. The minimum absolute atomic E-state index is 0.137. The van der Waals surface area contributed by atoms with Crippen LogP contribution in [0.2, 0.25) is 0 Å². The molecule has 0 saturated heterocycles. The molecule has 0 spiro atoms. The maximum atomic E-state index is 10.7. The molecule has 0 saturated carbocycles. The highest BCUT2D eigenvalue weighted by Gasteiger charge is 2.10. The van der Waals surface area contributed by atoms with Gasteiger partial charge in [0.15, 0.2) is 0 Å². The van der Waals surface area contributed by atoms with E-state index in [0.29, 0.717) is 12.1 Å². The van der Waals surface area contributed by atoms with Gasteiger partial charge in [0.05, 0.1) is 11.5 Å². The molecule has 0 radical (unpaired) electrons. The smallest absolute Gasteiger partial charge is 0.272 e. The molecular weight excluding hydrogens is 232 g/mol. The van der Waals surface area contributed by atoms with Gasteiger partial charge in [-0.3, -0.25) is 10.1 Å². The van der Waals surface area contributed by atoms with Gasteiger partial charge in [-0.2, -0.15) is 0 Å². The molecule has 0 bridgehead atoms. The van der Waals surface area contributed by atoms with Gasteiger partial charge in [0.1, 0.15) is 5.82 Å². The van der Waals surface area contributed by atoms with Crippen LogP contribution in [-0.2, 0) is 13.6 Å². The van der Waals surface area contributed by atoms with Gasteiger partial charge in [-0.15, -0.1) is 0 Å². The van der Waals surface area contributed by atoms with Crippen LogP contribution in [0.4, 0.5) is 11.4 Å². The number of nitrogens with one attached hydrogen (secondary N) is 1. The SMILES string of the molecule is Cc1cc(NCc2nccn2C)ccc1[N+](=O)[O-]. The molecule has 1 aromatic heterocycles. The number of rotatable bonds is 4. The fourth-order valence-corrected chi connectivity index (χ4v) is 1.72. The minimum Gasteiger partial charge on any atom is -0.378 e. The van der Waals surface area contributed by atoms with E-state index in [2.05, 4.69) is 10.3 Å². The van der Waals surface area contributed by atoms with E-state index in [1.54, 1.807) is 25.3 Å². The average molecular weight is 246 g/mol. The quantitative estimate of drug-likeness (QED) is 0.663. The number of hydrogen-bond donors (Lipinski definition) is 1. The molecule has 2 rings (SSSR count). The molecule has 6 nitrogen and oxygen atoms in total. The van der Waals surface area contributed by atoms with Crippen LogP contribution in [0.25, 0.3) is 0 Å². The highest BCUT2D eigenvalue weighted by atomic mass is 16.6. The first-order valence-corrected chi connectivity index (χ1v) is 5.53. The first kappa shape index (κ1) is 12.1. The predicted octanol–water partition coefficient (Wildman–Crippen LogP) is 2.25. The summed E-state index contributed by atoms with van der Waals surface area (Å²) in [5.41, 5.74) is 1.63. The third kappa shape index (κ3) is 2.48. The van der Waals surface area contributed by atoms with Gasteiger partial charge in [-0.1, -0.05) is 0 Å². The molecular formula is C12H14N4O2. The van der Waals surface area contributed by atoms with Gasteiger partial charge in [0.25, 0.3) is 5.69 Å². The van der Waals surface area contributed by atoms with Gasteiger partial charge in [0.2, 0.25) is 0 Å². The lowest BCUT2D eigenvalue weighted by atomic mass is 10.2. The fourth-order valence-electron chi connectivity index (χ4n) is 1.72. The highest BCUT2D eigenvalue weighted by molar-refractivity contribution is 5.53. The van der Waals surface area contributed by atoms with Crippen molar-refractivity contribution in [3.8, 4) is 0 Å². The summed E-state index contributed by atoms with van der Waals surface area (Å²) in [7, 11) is 1.92. The molecule has 0 aliphatic rings. The monoisotopic (exact) mass is 246 g/mol. The third-order valence-electron chi connectivity index (χ3n) is 2.77. The molecule has 1 aromatic carbocycles. The molecule has 0 aliphatic heterocycles. The molecule has 6 heteroatoms. The van der Waals surface area contributed by atoms with Crippen molar-refractivity contribution in [2.24, 2.45) is 7.05 Å². The van der Waals surface area contributed by atoms with Gasteiger partial charge in [-0.25, -0.2) is 4.98 Å². The van der Waals surface area contributed by atoms with Gasteiger partial charge >= 0.3 is 0 Å². The summed E-state index contributed by atoms with van der Waals surface area (Å²) in [5.74, 6) is 0.908. The topological polar surface area (TPSA) is 73.0 Å². The Balaban J connectivity index is 2.09. The summed E-state index contributed by atoms with van der Waals surface area (Å²) >= 11 is 0. The van der Waals surface area contributed by atoms with Crippen LogP contribution < -0.4 is 5.32 Å². The fraction of sp³-hybridized carbons (Fsp3) is 0.250. The number of nitro benzene ring substituents is 1. The molecule has 18 heavy (non-hydrogen) atoms. The first-order valence-electron chi connectivity index (χ1n) is 5.53. The Hall–Kier alpha value is -2.37. The van der Waals surface area contributed by atoms with E-state index >= 15 is 0 Å². The predicted molar refractivity (Wildman–Crippen MR) is 68.4 cm³/mol. The zero-order valence-corrected chi connectivity index (χ0v) is 10.3. The standard InChI is InChI=1S/C12H14N4O2/c1-9-7-10(3-4-11(9)16(17)18)14-8-12-13-5-6-15(12)2/h3-7,14H,8H2,1-2H3. The number of anilines is 1. The Morgan fingerprint density at radius 1 is 1.50 bits per heavy atom. The molecule has 0 unspecified atom stereocenters. The lowest BCUT2D eigenvalue weighted by molar-refractivity contribution is -0.385. The molecule has 1 N–H and O–H groups in total. The van der Waals surface area contributed by atoms with Gasteiger partial charge < -0.3 is 9.88 Å².